The standard InChI is InChI=1S/C14H17N3O2/c1-9-6-12(4-5-19-9)16-14(18)10-2-3-11-8-15-17-13(11)7-10/h2-3,7-9,12H,4-6H2,1H3,(H,15,17)(H,16,18). The molecule has 2 heterocycles. The summed E-state index contributed by atoms with van der Waals surface area (Å²) in [5.74, 6) is -0.0319. The van der Waals surface area contributed by atoms with Crippen LogP contribution in [0, 0.1) is 0 Å². The van der Waals surface area contributed by atoms with Crippen LogP contribution >= 0.6 is 0 Å². The molecule has 5 heteroatoms. The fourth-order valence-electron chi connectivity index (χ4n) is 2.48. The average molecular weight is 259 g/mol. The minimum atomic E-state index is -0.0319. The summed E-state index contributed by atoms with van der Waals surface area (Å²) in [6, 6.07) is 5.77. The lowest BCUT2D eigenvalue weighted by Gasteiger charge is -2.27. The van der Waals surface area contributed by atoms with Crippen molar-refractivity contribution in [3.8, 4) is 0 Å². The van der Waals surface area contributed by atoms with Crippen LogP contribution < -0.4 is 5.32 Å². The number of nitrogens with zero attached hydrogens (tertiary/aromatic N) is 1. The number of nitrogens with one attached hydrogen (secondary N) is 2. The molecule has 1 aliphatic heterocycles. The van der Waals surface area contributed by atoms with E-state index in [9.17, 15) is 4.79 Å². The highest BCUT2D eigenvalue weighted by Gasteiger charge is 2.21. The van der Waals surface area contributed by atoms with Crippen LogP contribution in [0.15, 0.2) is 24.4 Å². The number of amides is 1. The Morgan fingerprint density at radius 1 is 1.53 bits per heavy atom. The topological polar surface area (TPSA) is 67.0 Å². The summed E-state index contributed by atoms with van der Waals surface area (Å²) in [4.78, 5) is 12.2. The van der Waals surface area contributed by atoms with Crippen molar-refractivity contribution in [1.29, 1.82) is 0 Å². The van der Waals surface area contributed by atoms with Gasteiger partial charge in [-0.2, -0.15) is 5.10 Å². The molecule has 0 saturated carbocycles. The summed E-state index contributed by atoms with van der Waals surface area (Å²) in [6.07, 6.45) is 3.71. The van der Waals surface area contributed by atoms with Gasteiger partial charge >= 0.3 is 0 Å². The van der Waals surface area contributed by atoms with E-state index in [1.54, 1.807) is 6.20 Å². The molecule has 2 unspecified atom stereocenters. The van der Waals surface area contributed by atoms with Crippen molar-refractivity contribution in [2.45, 2.75) is 31.9 Å². The van der Waals surface area contributed by atoms with E-state index in [-0.39, 0.29) is 18.1 Å². The highest BCUT2D eigenvalue weighted by molar-refractivity contribution is 5.97. The van der Waals surface area contributed by atoms with Crippen molar-refractivity contribution < 1.29 is 9.53 Å². The molecular formula is C14H17N3O2. The first-order valence-electron chi connectivity index (χ1n) is 6.58. The number of rotatable bonds is 2. The van der Waals surface area contributed by atoms with E-state index in [0.717, 1.165) is 23.7 Å². The van der Waals surface area contributed by atoms with Crippen molar-refractivity contribution in [2.24, 2.45) is 0 Å². The van der Waals surface area contributed by atoms with Gasteiger partial charge in [-0.05, 0) is 31.9 Å². The SMILES string of the molecule is CC1CC(NC(=O)c2ccc3cn[nH]c3c2)CCO1. The Hall–Kier alpha value is -1.88. The molecule has 0 radical (unpaired) electrons. The lowest BCUT2D eigenvalue weighted by Crippen LogP contribution is -2.41. The van der Waals surface area contributed by atoms with E-state index in [0.29, 0.717) is 12.2 Å². The minimum Gasteiger partial charge on any atom is -0.378 e. The predicted octanol–water partition coefficient (Wildman–Crippen LogP) is 1.86. The Balaban J connectivity index is 1.72. The fraction of sp³-hybridized carbons (Fsp3) is 0.429. The molecule has 1 amide bonds. The monoisotopic (exact) mass is 259 g/mol. The van der Waals surface area contributed by atoms with Gasteiger partial charge in [0.25, 0.3) is 5.91 Å². The Morgan fingerprint density at radius 3 is 3.26 bits per heavy atom. The highest BCUT2D eigenvalue weighted by Crippen LogP contribution is 2.16. The molecular weight excluding hydrogens is 242 g/mol. The Labute approximate surface area is 111 Å². The van der Waals surface area contributed by atoms with Crippen LogP contribution in [0.3, 0.4) is 0 Å². The van der Waals surface area contributed by atoms with Crippen molar-refractivity contribution >= 4 is 16.8 Å². The maximum atomic E-state index is 12.2. The summed E-state index contributed by atoms with van der Waals surface area (Å²) in [5.41, 5.74) is 1.55. The third-order valence-electron chi connectivity index (χ3n) is 3.52. The Kier molecular flexibility index (Phi) is 3.21. The van der Waals surface area contributed by atoms with E-state index < -0.39 is 0 Å². The highest BCUT2D eigenvalue weighted by atomic mass is 16.5. The molecule has 1 saturated heterocycles. The quantitative estimate of drug-likeness (QED) is 0.865. The molecule has 2 atom stereocenters. The van der Waals surface area contributed by atoms with Crippen molar-refractivity contribution in [1.82, 2.24) is 15.5 Å². The number of fused-ring (bicyclic) bond motifs is 1. The first-order valence-corrected chi connectivity index (χ1v) is 6.58. The zero-order chi connectivity index (χ0) is 13.2. The minimum absolute atomic E-state index is 0.0319. The first-order chi connectivity index (χ1) is 9.22. The first kappa shape index (κ1) is 12.2. The molecule has 0 spiro atoms. The fourth-order valence-corrected chi connectivity index (χ4v) is 2.48. The van der Waals surface area contributed by atoms with Crippen LogP contribution in [0.2, 0.25) is 0 Å². The number of aromatic amines is 1. The second-order valence-electron chi connectivity index (χ2n) is 5.05. The normalized spacial score (nSPS) is 23.4. The molecule has 3 rings (SSSR count). The number of carbonyl (C=O) groups excluding carboxylic acids is 1. The summed E-state index contributed by atoms with van der Waals surface area (Å²) in [5, 5.41) is 10.9. The molecule has 2 aromatic rings. The number of benzene rings is 1. The number of hydrogen-bond acceptors (Lipinski definition) is 3. The molecule has 19 heavy (non-hydrogen) atoms. The summed E-state index contributed by atoms with van der Waals surface area (Å²) >= 11 is 0. The van der Waals surface area contributed by atoms with Crippen LogP contribution in [-0.4, -0.2) is 34.9 Å². The van der Waals surface area contributed by atoms with Gasteiger partial charge in [-0.1, -0.05) is 6.07 Å². The van der Waals surface area contributed by atoms with Gasteiger partial charge in [-0.3, -0.25) is 9.89 Å². The van der Waals surface area contributed by atoms with E-state index >= 15 is 0 Å². The van der Waals surface area contributed by atoms with Crippen LogP contribution in [-0.2, 0) is 4.74 Å². The van der Waals surface area contributed by atoms with Crippen molar-refractivity contribution in [2.75, 3.05) is 6.61 Å². The molecule has 1 aromatic heterocycles. The van der Waals surface area contributed by atoms with Gasteiger partial charge in [0.05, 0.1) is 17.8 Å². The van der Waals surface area contributed by atoms with Crippen LogP contribution in [0.25, 0.3) is 10.9 Å². The average Bonchev–Trinajstić information content (AvgIpc) is 2.85. The van der Waals surface area contributed by atoms with Crippen LogP contribution in [0.5, 0.6) is 0 Å². The van der Waals surface area contributed by atoms with Crippen molar-refractivity contribution in [3.05, 3.63) is 30.0 Å². The van der Waals surface area contributed by atoms with Gasteiger partial charge < -0.3 is 10.1 Å². The second kappa shape index (κ2) is 5.01. The zero-order valence-corrected chi connectivity index (χ0v) is 10.8. The molecule has 100 valence electrons. The molecule has 5 nitrogen and oxygen atoms in total. The number of aromatic nitrogens is 2. The van der Waals surface area contributed by atoms with E-state index in [1.807, 2.05) is 25.1 Å². The second-order valence-corrected chi connectivity index (χ2v) is 5.05. The van der Waals surface area contributed by atoms with Crippen LogP contribution in [0.1, 0.15) is 30.1 Å². The Morgan fingerprint density at radius 2 is 2.42 bits per heavy atom. The van der Waals surface area contributed by atoms with E-state index in [4.69, 9.17) is 4.74 Å². The molecule has 1 aliphatic rings. The summed E-state index contributed by atoms with van der Waals surface area (Å²) in [6.45, 7) is 2.75. The molecule has 2 N–H and O–H groups in total. The van der Waals surface area contributed by atoms with Gasteiger partial charge in [0.1, 0.15) is 0 Å². The molecule has 1 fully saturated rings. The number of hydrogen-bond donors (Lipinski definition) is 2. The molecule has 0 aliphatic carbocycles. The summed E-state index contributed by atoms with van der Waals surface area (Å²) < 4.78 is 5.48. The van der Waals surface area contributed by atoms with Gasteiger partial charge in [-0.25, -0.2) is 0 Å². The largest absolute Gasteiger partial charge is 0.378 e. The maximum absolute atomic E-state index is 12.2. The number of carbonyl (C=O) groups is 1. The number of H-pyrrole nitrogens is 1. The third kappa shape index (κ3) is 2.61. The van der Waals surface area contributed by atoms with Gasteiger partial charge in [0.2, 0.25) is 0 Å². The Bertz CT molecular complexity index is 593. The third-order valence-corrected chi connectivity index (χ3v) is 3.52. The molecule has 1 aromatic carbocycles. The molecule has 0 bridgehead atoms. The van der Waals surface area contributed by atoms with Crippen molar-refractivity contribution in [3.63, 3.8) is 0 Å². The predicted molar refractivity (Wildman–Crippen MR) is 72.0 cm³/mol. The van der Waals surface area contributed by atoms with E-state index in [2.05, 4.69) is 15.5 Å². The van der Waals surface area contributed by atoms with Crippen LogP contribution in [0.4, 0.5) is 0 Å². The smallest absolute Gasteiger partial charge is 0.251 e. The van der Waals surface area contributed by atoms with Gasteiger partial charge in [0, 0.05) is 23.6 Å². The lowest BCUT2D eigenvalue weighted by molar-refractivity contribution is 0.0136. The number of ether oxygens (including phenoxy) is 1. The van der Waals surface area contributed by atoms with Gasteiger partial charge in [0.15, 0.2) is 0 Å². The van der Waals surface area contributed by atoms with E-state index in [1.165, 1.54) is 0 Å². The lowest BCUT2D eigenvalue weighted by atomic mass is 10.0. The maximum Gasteiger partial charge on any atom is 0.251 e. The van der Waals surface area contributed by atoms with Gasteiger partial charge in [-0.15, -0.1) is 0 Å². The summed E-state index contributed by atoms with van der Waals surface area (Å²) in [7, 11) is 0. The zero-order valence-electron chi connectivity index (χ0n) is 10.8.